The van der Waals surface area contributed by atoms with Gasteiger partial charge in [0.1, 0.15) is 12.2 Å². The molecule has 0 aliphatic carbocycles. The molecule has 1 aromatic heterocycles. The first-order chi connectivity index (χ1) is 15.4. The highest BCUT2D eigenvalue weighted by Gasteiger charge is 2.61. The summed E-state index contributed by atoms with van der Waals surface area (Å²) in [6.45, 7) is 0.114. The van der Waals surface area contributed by atoms with Gasteiger partial charge in [0.2, 0.25) is 5.82 Å². The fraction of sp³-hybridized carbons (Fsp3) is 0.450. The fourth-order valence-corrected chi connectivity index (χ4v) is 3.55. The molecule has 3 N–H and O–H groups in total. The van der Waals surface area contributed by atoms with E-state index in [-0.39, 0.29) is 17.1 Å². The van der Waals surface area contributed by atoms with Crippen molar-refractivity contribution >= 4 is 11.6 Å². The summed E-state index contributed by atoms with van der Waals surface area (Å²) in [6.07, 6.45) is -6.58. The van der Waals surface area contributed by atoms with Gasteiger partial charge >= 0.3 is 6.18 Å². The lowest BCUT2D eigenvalue weighted by atomic mass is 9.85. The summed E-state index contributed by atoms with van der Waals surface area (Å²) in [7, 11) is 1.02. The van der Waals surface area contributed by atoms with Crippen LogP contribution in [0.15, 0.2) is 24.5 Å². The molecule has 13 heteroatoms. The maximum atomic E-state index is 14.2. The molecule has 1 fully saturated rings. The number of ether oxygens (including phenoxy) is 2. The van der Waals surface area contributed by atoms with Gasteiger partial charge in [0.25, 0.3) is 5.91 Å². The lowest BCUT2D eigenvalue weighted by Crippen LogP contribution is -2.43. The van der Waals surface area contributed by atoms with Gasteiger partial charge < -0.3 is 25.0 Å². The third-order valence-corrected chi connectivity index (χ3v) is 5.31. The van der Waals surface area contributed by atoms with Gasteiger partial charge in [-0.2, -0.15) is 17.6 Å². The smallest absolute Gasteiger partial charge is 0.417 e. The second kappa shape index (κ2) is 9.15. The molecule has 33 heavy (non-hydrogen) atoms. The summed E-state index contributed by atoms with van der Waals surface area (Å²) in [5, 5.41) is 20.7. The number of hydrogen-bond acceptors (Lipinski definition) is 7. The number of carbonyl (C=O) groups is 1. The number of rotatable bonds is 6. The molecule has 1 unspecified atom stereocenters. The van der Waals surface area contributed by atoms with Crippen LogP contribution >= 0.6 is 0 Å². The van der Waals surface area contributed by atoms with E-state index in [9.17, 15) is 31.9 Å². The summed E-state index contributed by atoms with van der Waals surface area (Å²) in [6, 6.07) is 1.77. The Morgan fingerprint density at radius 1 is 1.33 bits per heavy atom. The molecule has 8 nitrogen and oxygen atoms in total. The number of benzene rings is 1. The number of halogens is 5. The Hall–Kier alpha value is -2.90. The second-order valence-corrected chi connectivity index (χ2v) is 7.58. The first-order valence-corrected chi connectivity index (χ1v) is 9.60. The van der Waals surface area contributed by atoms with E-state index >= 15 is 0 Å². The van der Waals surface area contributed by atoms with Crippen molar-refractivity contribution < 1.29 is 46.4 Å². The maximum absolute atomic E-state index is 14.2. The Kier molecular flexibility index (Phi) is 6.86. The van der Waals surface area contributed by atoms with Crippen molar-refractivity contribution in [3.63, 3.8) is 0 Å². The quantitative estimate of drug-likeness (QED) is 0.548. The molecule has 0 spiro atoms. The Morgan fingerprint density at radius 2 is 1.97 bits per heavy atom. The number of anilines is 1. The number of alkyl halides is 3. The largest absolute Gasteiger partial charge is 0.493 e. The normalized spacial score (nSPS) is 23.9. The van der Waals surface area contributed by atoms with Gasteiger partial charge in [0.15, 0.2) is 23.0 Å². The van der Waals surface area contributed by atoms with Crippen LogP contribution in [0.25, 0.3) is 0 Å². The van der Waals surface area contributed by atoms with Crippen molar-refractivity contribution in [2.75, 3.05) is 19.0 Å². The lowest BCUT2D eigenvalue weighted by molar-refractivity contribution is -0.261. The van der Waals surface area contributed by atoms with Crippen LogP contribution in [0.5, 0.6) is 5.75 Å². The molecular weight excluding hydrogens is 457 g/mol. The number of carbonyl (C=O) groups excluding carboxylic acids is 1. The van der Waals surface area contributed by atoms with Crippen LogP contribution in [0.2, 0.25) is 0 Å². The number of nitrogens with zero attached hydrogens (tertiary/aromatic N) is 2. The van der Waals surface area contributed by atoms with E-state index < -0.39 is 66.2 Å². The maximum Gasteiger partial charge on any atom is 0.417 e. The minimum atomic E-state index is -4.86. The number of aliphatic hydroxyl groups excluding tert-OH is 2. The van der Waals surface area contributed by atoms with Crippen LogP contribution in [-0.2, 0) is 9.53 Å². The molecule has 1 aromatic carbocycles. The molecule has 1 aliphatic heterocycles. The molecule has 0 radical (unpaired) electrons. The van der Waals surface area contributed by atoms with Crippen LogP contribution in [0.4, 0.5) is 27.6 Å². The first kappa shape index (κ1) is 24.7. The third-order valence-electron chi connectivity index (χ3n) is 5.31. The number of amides is 1. The van der Waals surface area contributed by atoms with E-state index in [0.717, 1.165) is 38.6 Å². The monoisotopic (exact) mass is 477 g/mol. The Bertz CT molecular complexity index is 1020. The van der Waals surface area contributed by atoms with E-state index in [0.29, 0.717) is 0 Å². The van der Waals surface area contributed by atoms with Crippen LogP contribution in [0.1, 0.15) is 36.8 Å². The summed E-state index contributed by atoms with van der Waals surface area (Å²) in [5.41, 5.74) is -2.95. The standard InChI is InChI=1S/C20H20F5N3O5/c1-19(20(23,24)25)5-11(10-3-4-12(21)14(22)15(10)32-2)16(33-19)18(31)28-9-6-26-17(27-7-9)13(30)8-29/h3-4,6-7,11,13,16,29-30H,5,8H2,1-2H3,(H,28,31)/t11-,13?,16+,19+/m0/s1. The van der Waals surface area contributed by atoms with Crippen molar-refractivity contribution in [3.05, 3.63) is 47.5 Å². The van der Waals surface area contributed by atoms with Crippen molar-refractivity contribution in [2.24, 2.45) is 0 Å². The minimum Gasteiger partial charge on any atom is -0.493 e. The topological polar surface area (TPSA) is 114 Å². The van der Waals surface area contributed by atoms with Gasteiger partial charge in [0, 0.05) is 11.5 Å². The number of methoxy groups -OCH3 is 1. The van der Waals surface area contributed by atoms with Gasteiger partial charge in [-0.05, 0) is 19.4 Å². The number of aromatic nitrogens is 2. The second-order valence-electron chi connectivity index (χ2n) is 7.58. The van der Waals surface area contributed by atoms with E-state index in [1.165, 1.54) is 0 Å². The Labute approximate surface area is 184 Å². The fourth-order valence-electron chi connectivity index (χ4n) is 3.55. The van der Waals surface area contributed by atoms with Gasteiger partial charge in [-0.25, -0.2) is 14.4 Å². The molecule has 0 bridgehead atoms. The minimum absolute atomic E-state index is 0.0332. The number of aliphatic hydroxyl groups is 2. The van der Waals surface area contributed by atoms with Gasteiger partial charge in [-0.1, -0.05) is 6.07 Å². The van der Waals surface area contributed by atoms with Gasteiger partial charge in [-0.3, -0.25) is 4.79 Å². The zero-order valence-electron chi connectivity index (χ0n) is 17.4. The van der Waals surface area contributed by atoms with Crippen molar-refractivity contribution in [1.82, 2.24) is 9.97 Å². The third kappa shape index (κ3) is 4.75. The average molecular weight is 477 g/mol. The Balaban J connectivity index is 1.95. The highest BCUT2D eigenvalue weighted by atomic mass is 19.4. The van der Waals surface area contributed by atoms with E-state index in [2.05, 4.69) is 15.3 Å². The van der Waals surface area contributed by atoms with Crippen molar-refractivity contribution in [1.29, 1.82) is 0 Å². The summed E-state index contributed by atoms with van der Waals surface area (Å²) < 4.78 is 79.0. The molecule has 2 aromatic rings. The number of hydrogen-bond donors (Lipinski definition) is 3. The molecule has 4 atom stereocenters. The van der Waals surface area contributed by atoms with Crippen molar-refractivity contribution in [3.8, 4) is 5.75 Å². The molecule has 2 heterocycles. The summed E-state index contributed by atoms with van der Waals surface area (Å²) in [4.78, 5) is 20.4. The van der Waals surface area contributed by atoms with Crippen molar-refractivity contribution in [2.45, 2.75) is 43.2 Å². The van der Waals surface area contributed by atoms with Crippen LogP contribution in [0.3, 0.4) is 0 Å². The molecule has 1 aliphatic rings. The van der Waals surface area contributed by atoms with Crippen LogP contribution in [-0.4, -0.2) is 57.7 Å². The van der Waals surface area contributed by atoms with Crippen LogP contribution < -0.4 is 10.1 Å². The molecule has 1 saturated heterocycles. The Morgan fingerprint density at radius 3 is 2.52 bits per heavy atom. The lowest BCUT2D eigenvalue weighted by Gasteiger charge is -2.27. The SMILES string of the molecule is COc1c([C@@H]2C[C@](C)(C(F)(F)F)O[C@H]2C(=O)Nc2cnc(C(O)CO)nc2)ccc(F)c1F. The molecule has 3 rings (SSSR count). The highest BCUT2D eigenvalue weighted by Crippen LogP contribution is 2.51. The summed E-state index contributed by atoms with van der Waals surface area (Å²) >= 11 is 0. The van der Waals surface area contributed by atoms with Crippen LogP contribution in [0, 0.1) is 11.6 Å². The molecule has 0 saturated carbocycles. The van der Waals surface area contributed by atoms with E-state index in [1.807, 2.05) is 0 Å². The average Bonchev–Trinajstić information content (AvgIpc) is 3.14. The van der Waals surface area contributed by atoms with E-state index in [4.69, 9.17) is 14.6 Å². The molecule has 180 valence electrons. The zero-order valence-corrected chi connectivity index (χ0v) is 17.4. The summed E-state index contributed by atoms with van der Waals surface area (Å²) in [5.74, 6) is -5.78. The van der Waals surface area contributed by atoms with E-state index in [1.54, 1.807) is 0 Å². The molecular formula is C20H20F5N3O5. The first-order valence-electron chi connectivity index (χ1n) is 9.60. The highest BCUT2D eigenvalue weighted by molar-refractivity contribution is 5.95. The van der Waals surface area contributed by atoms with Gasteiger partial charge in [-0.15, -0.1) is 0 Å². The van der Waals surface area contributed by atoms with Gasteiger partial charge in [0.05, 0.1) is 31.8 Å². The predicted octanol–water partition coefficient (Wildman–Crippen LogP) is 2.62. The molecule has 1 amide bonds. The zero-order chi connectivity index (χ0) is 24.6. The predicted molar refractivity (Wildman–Crippen MR) is 102 cm³/mol. The number of nitrogens with one attached hydrogen (secondary N) is 1.